The number of hydrogen-bond donors (Lipinski definition) is 1. The van der Waals surface area contributed by atoms with Crippen LogP contribution < -0.4 is 0 Å². The fraction of sp³-hybridized carbons (Fsp3) is 0.250. The topological polar surface area (TPSA) is 20.2 Å². The molecule has 0 aliphatic carbocycles. The van der Waals surface area contributed by atoms with Crippen molar-refractivity contribution in [3.8, 4) is 5.75 Å². The molecule has 0 aliphatic rings. The quantitative estimate of drug-likeness (QED) is 0.770. The highest BCUT2D eigenvalue weighted by molar-refractivity contribution is 7.97. The Bertz CT molecular complexity index is 250. The van der Waals surface area contributed by atoms with Gasteiger partial charge in [0.25, 0.3) is 0 Å². The van der Waals surface area contributed by atoms with E-state index >= 15 is 0 Å². The molecule has 0 atom stereocenters. The fourth-order valence-electron chi connectivity index (χ4n) is 0.809. The molecule has 0 amide bonds. The number of rotatable bonds is 2. The normalized spacial score (nSPS) is 10.0. The minimum Gasteiger partial charge on any atom is -0.508 e. The van der Waals surface area contributed by atoms with E-state index in [1.165, 1.54) is 0 Å². The number of phenols is 1. The van der Waals surface area contributed by atoms with Gasteiger partial charge in [0.2, 0.25) is 0 Å². The molecule has 60 valence electrons. The summed E-state index contributed by atoms with van der Waals surface area (Å²) in [5.74, 6) is 1.11. The lowest BCUT2D eigenvalue weighted by Gasteiger charge is -2.01. The first kappa shape index (κ1) is 8.75. The van der Waals surface area contributed by atoms with E-state index in [-0.39, 0.29) is 5.75 Å². The van der Waals surface area contributed by atoms with Gasteiger partial charge >= 0.3 is 0 Å². The minimum atomic E-state index is 0.222. The molecule has 0 fully saturated rings. The molecular formula is C8H9ClOS. The molecule has 0 unspecified atom stereocenters. The third-order valence-corrected chi connectivity index (χ3v) is 2.29. The molecule has 0 saturated carbocycles. The summed E-state index contributed by atoms with van der Waals surface area (Å²) >= 11 is 7.54. The van der Waals surface area contributed by atoms with Crippen molar-refractivity contribution in [1.29, 1.82) is 0 Å². The predicted molar refractivity (Wildman–Crippen MR) is 50.3 cm³/mol. The summed E-state index contributed by atoms with van der Waals surface area (Å²) in [7, 11) is 0. The third-order valence-electron chi connectivity index (χ3n) is 1.34. The van der Waals surface area contributed by atoms with Crippen molar-refractivity contribution in [2.24, 2.45) is 0 Å². The summed E-state index contributed by atoms with van der Waals surface area (Å²) < 4.78 is 0. The van der Waals surface area contributed by atoms with E-state index < -0.39 is 0 Å². The van der Waals surface area contributed by atoms with Crippen LogP contribution in [0.5, 0.6) is 5.75 Å². The highest BCUT2D eigenvalue weighted by Crippen LogP contribution is 2.23. The lowest BCUT2D eigenvalue weighted by Crippen LogP contribution is -1.80. The van der Waals surface area contributed by atoms with Crippen molar-refractivity contribution >= 4 is 23.4 Å². The van der Waals surface area contributed by atoms with Crippen LogP contribution in [0.2, 0.25) is 5.02 Å². The molecule has 0 heterocycles. The van der Waals surface area contributed by atoms with Gasteiger partial charge in [0.05, 0.1) is 0 Å². The van der Waals surface area contributed by atoms with Crippen LogP contribution in [0.3, 0.4) is 0 Å². The number of phenolic OH excluding ortho intramolecular Hbond substituents is 1. The fourth-order valence-corrected chi connectivity index (χ4v) is 1.69. The molecule has 0 aromatic heterocycles. The summed E-state index contributed by atoms with van der Waals surface area (Å²) in [6.45, 7) is 0. The van der Waals surface area contributed by atoms with Gasteiger partial charge in [-0.15, -0.1) is 0 Å². The van der Waals surface area contributed by atoms with E-state index in [1.807, 2.05) is 12.3 Å². The maximum absolute atomic E-state index is 9.01. The van der Waals surface area contributed by atoms with Gasteiger partial charge < -0.3 is 5.11 Å². The lowest BCUT2D eigenvalue weighted by molar-refractivity contribution is 0.475. The first-order valence-corrected chi connectivity index (χ1v) is 4.97. The van der Waals surface area contributed by atoms with Crippen molar-refractivity contribution in [1.82, 2.24) is 0 Å². The van der Waals surface area contributed by atoms with E-state index in [1.54, 1.807) is 23.9 Å². The second-order valence-electron chi connectivity index (χ2n) is 2.21. The van der Waals surface area contributed by atoms with Gasteiger partial charge in [-0.3, -0.25) is 0 Å². The van der Waals surface area contributed by atoms with Gasteiger partial charge in [-0.1, -0.05) is 17.7 Å². The largest absolute Gasteiger partial charge is 0.508 e. The lowest BCUT2D eigenvalue weighted by atomic mass is 10.2. The molecule has 0 radical (unpaired) electrons. The third kappa shape index (κ3) is 2.31. The van der Waals surface area contributed by atoms with Gasteiger partial charge in [-0.25, -0.2) is 0 Å². The zero-order chi connectivity index (χ0) is 8.27. The van der Waals surface area contributed by atoms with E-state index in [0.717, 1.165) is 11.3 Å². The second-order valence-corrected chi connectivity index (χ2v) is 3.48. The van der Waals surface area contributed by atoms with Crippen LogP contribution in [0.15, 0.2) is 18.2 Å². The number of thioether (sulfide) groups is 1. The van der Waals surface area contributed by atoms with Crippen molar-refractivity contribution in [2.75, 3.05) is 6.26 Å². The van der Waals surface area contributed by atoms with Crippen molar-refractivity contribution in [3.05, 3.63) is 28.8 Å². The monoisotopic (exact) mass is 188 g/mol. The molecule has 1 N–H and O–H groups in total. The molecule has 1 rings (SSSR count). The van der Waals surface area contributed by atoms with Gasteiger partial charge in [-0.2, -0.15) is 11.8 Å². The average Bonchev–Trinajstić information content (AvgIpc) is 1.95. The molecule has 0 aliphatic heterocycles. The zero-order valence-electron chi connectivity index (χ0n) is 6.17. The Hall–Kier alpha value is -0.340. The molecule has 3 heteroatoms. The van der Waals surface area contributed by atoms with Gasteiger partial charge in [0.1, 0.15) is 5.75 Å². The van der Waals surface area contributed by atoms with Crippen LogP contribution in [0.25, 0.3) is 0 Å². The number of aromatic hydroxyl groups is 1. The smallest absolute Gasteiger partial charge is 0.117 e. The molecule has 11 heavy (non-hydrogen) atoms. The summed E-state index contributed by atoms with van der Waals surface area (Å²) in [5.41, 5.74) is 1.07. The summed E-state index contributed by atoms with van der Waals surface area (Å²) in [6.07, 6.45) is 2.02. The van der Waals surface area contributed by atoms with Crippen LogP contribution in [0, 0.1) is 0 Å². The van der Waals surface area contributed by atoms with E-state index in [0.29, 0.717) is 5.02 Å². The maximum Gasteiger partial charge on any atom is 0.117 e. The standard InChI is InChI=1S/C8H9ClOS/c1-11-5-6-2-3-7(10)4-8(6)9/h2-4,10H,5H2,1H3. The van der Waals surface area contributed by atoms with E-state index in [2.05, 4.69) is 0 Å². The first-order valence-electron chi connectivity index (χ1n) is 3.20. The minimum absolute atomic E-state index is 0.222. The maximum atomic E-state index is 9.01. The molecule has 0 saturated heterocycles. The SMILES string of the molecule is CSCc1ccc(O)cc1Cl. The van der Waals surface area contributed by atoms with Crippen molar-refractivity contribution in [3.63, 3.8) is 0 Å². The Morgan fingerprint density at radius 3 is 2.82 bits per heavy atom. The highest BCUT2D eigenvalue weighted by atomic mass is 35.5. The molecule has 1 aromatic rings. The number of benzene rings is 1. The summed E-state index contributed by atoms with van der Waals surface area (Å²) in [6, 6.07) is 5.05. The number of halogens is 1. The van der Waals surface area contributed by atoms with Gasteiger partial charge in [-0.05, 0) is 24.0 Å². The Labute approximate surface area is 75.4 Å². The van der Waals surface area contributed by atoms with Crippen LogP contribution in [-0.4, -0.2) is 11.4 Å². The molecule has 0 bridgehead atoms. The van der Waals surface area contributed by atoms with E-state index in [4.69, 9.17) is 16.7 Å². The Morgan fingerprint density at radius 2 is 2.27 bits per heavy atom. The van der Waals surface area contributed by atoms with Crippen molar-refractivity contribution in [2.45, 2.75) is 5.75 Å². The van der Waals surface area contributed by atoms with Crippen LogP contribution in [-0.2, 0) is 5.75 Å². The molecule has 1 nitrogen and oxygen atoms in total. The second kappa shape index (κ2) is 3.88. The summed E-state index contributed by atoms with van der Waals surface area (Å²) in [4.78, 5) is 0. The number of hydrogen-bond acceptors (Lipinski definition) is 2. The van der Waals surface area contributed by atoms with Crippen LogP contribution in [0.4, 0.5) is 0 Å². The first-order chi connectivity index (χ1) is 5.24. The van der Waals surface area contributed by atoms with Crippen LogP contribution in [0.1, 0.15) is 5.56 Å². The van der Waals surface area contributed by atoms with Gasteiger partial charge in [0, 0.05) is 10.8 Å². The average molecular weight is 189 g/mol. The highest BCUT2D eigenvalue weighted by Gasteiger charge is 1.99. The zero-order valence-corrected chi connectivity index (χ0v) is 7.75. The van der Waals surface area contributed by atoms with Gasteiger partial charge in [0.15, 0.2) is 0 Å². The Morgan fingerprint density at radius 1 is 1.55 bits per heavy atom. The Kier molecular flexibility index (Phi) is 3.09. The molecule has 0 spiro atoms. The predicted octanol–water partition coefficient (Wildman–Crippen LogP) is 2.91. The Balaban J connectivity index is 2.90. The van der Waals surface area contributed by atoms with Crippen molar-refractivity contribution < 1.29 is 5.11 Å². The molecule has 1 aromatic carbocycles. The molecular weight excluding hydrogens is 180 g/mol. The van der Waals surface area contributed by atoms with E-state index in [9.17, 15) is 0 Å². The van der Waals surface area contributed by atoms with Crippen LogP contribution >= 0.6 is 23.4 Å². The summed E-state index contributed by atoms with van der Waals surface area (Å²) in [5, 5.41) is 9.65.